The number of amidine groups is 1. The van der Waals surface area contributed by atoms with Gasteiger partial charge in [0, 0.05) is 18.7 Å². The number of aryl methyl sites for hydroxylation is 1. The fraction of sp³-hybridized carbons (Fsp3) is 0.500. The second-order valence-electron chi connectivity index (χ2n) is 5.20. The molecule has 3 N–H and O–H groups in total. The van der Waals surface area contributed by atoms with Gasteiger partial charge < -0.3 is 10.6 Å². The van der Waals surface area contributed by atoms with Crippen molar-refractivity contribution >= 4 is 5.84 Å². The van der Waals surface area contributed by atoms with Gasteiger partial charge in [0.15, 0.2) is 0 Å². The normalized spacial score (nSPS) is 15.2. The number of hydrogen-bond acceptors (Lipinski definition) is 2. The van der Waals surface area contributed by atoms with Crippen molar-refractivity contribution < 1.29 is 0 Å². The largest absolute Gasteiger partial charge is 0.384 e. The molecule has 2 rings (SSSR count). The smallest absolute Gasteiger partial charge is 0.122 e. The molecule has 0 radical (unpaired) electrons. The molecule has 0 amide bonds. The molecule has 0 aliphatic heterocycles. The van der Waals surface area contributed by atoms with Crippen molar-refractivity contribution in [2.45, 2.75) is 26.3 Å². The van der Waals surface area contributed by atoms with Crippen LogP contribution in [0.15, 0.2) is 18.2 Å². The lowest BCUT2D eigenvalue weighted by atomic mass is 10.0. The summed E-state index contributed by atoms with van der Waals surface area (Å²) in [6.45, 7) is 4.28. The highest BCUT2D eigenvalue weighted by Gasteiger charge is 2.22. The van der Waals surface area contributed by atoms with Crippen LogP contribution in [0.4, 0.5) is 0 Å². The third kappa shape index (κ3) is 3.30. The van der Waals surface area contributed by atoms with E-state index < -0.39 is 0 Å². The predicted molar refractivity (Wildman–Crippen MR) is 71.3 cm³/mol. The number of nitrogens with one attached hydrogen (secondary N) is 1. The van der Waals surface area contributed by atoms with Crippen LogP contribution in [0.2, 0.25) is 0 Å². The minimum Gasteiger partial charge on any atom is -0.384 e. The van der Waals surface area contributed by atoms with Crippen LogP contribution >= 0.6 is 0 Å². The van der Waals surface area contributed by atoms with Gasteiger partial charge in [-0.15, -0.1) is 0 Å². The van der Waals surface area contributed by atoms with E-state index in [0.717, 1.165) is 18.0 Å². The van der Waals surface area contributed by atoms with Gasteiger partial charge in [-0.2, -0.15) is 0 Å². The SMILES string of the molecule is Cc1cc(C(=N)N)ccc1CN(C)CC1CC1. The van der Waals surface area contributed by atoms with Crippen molar-refractivity contribution in [3.8, 4) is 0 Å². The average molecular weight is 231 g/mol. The van der Waals surface area contributed by atoms with Crippen molar-refractivity contribution in [1.82, 2.24) is 4.90 Å². The Morgan fingerprint density at radius 2 is 2.18 bits per heavy atom. The van der Waals surface area contributed by atoms with E-state index in [4.69, 9.17) is 11.1 Å². The highest BCUT2D eigenvalue weighted by Crippen LogP contribution is 2.29. The van der Waals surface area contributed by atoms with E-state index in [2.05, 4.69) is 24.9 Å². The van der Waals surface area contributed by atoms with E-state index in [0.29, 0.717) is 0 Å². The van der Waals surface area contributed by atoms with Gasteiger partial charge in [0.25, 0.3) is 0 Å². The molecule has 1 saturated carbocycles. The summed E-state index contributed by atoms with van der Waals surface area (Å²) in [6, 6.07) is 6.04. The number of rotatable bonds is 5. The first-order valence-electron chi connectivity index (χ1n) is 6.18. The van der Waals surface area contributed by atoms with Crippen LogP contribution in [0.1, 0.15) is 29.5 Å². The van der Waals surface area contributed by atoms with Crippen LogP contribution < -0.4 is 5.73 Å². The maximum Gasteiger partial charge on any atom is 0.122 e. The van der Waals surface area contributed by atoms with E-state index in [1.54, 1.807) is 0 Å². The molecular formula is C14H21N3. The molecule has 0 spiro atoms. The summed E-state index contributed by atoms with van der Waals surface area (Å²) in [4.78, 5) is 2.38. The van der Waals surface area contributed by atoms with Crippen LogP contribution in [0.3, 0.4) is 0 Å². The zero-order valence-corrected chi connectivity index (χ0v) is 10.7. The van der Waals surface area contributed by atoms with Crippen LogP contribution in [-0.2, 0) is 6.54 Å². The highest BCUT2D eigenvalue weighted by atomic mass is 15.1. The molecule has 3 heteroatoms. The van der Waals surface area contributed by atoms with Crippen molar-refractivity contribution in [2.24, 2.45) is 11.7 Å². The van der Waals surface area contributed by atoms with E-state index in [-0.39, 0.29) is 5.84 Å². The Labute approximate surface area is 103 Å². The fourth-order valence-electron chi connectivity index (χ4n) is 2.14. The molecule has 1 aromatic rings. The summed E-state index contributed by atoms with van der Waals surface area (Å²) >= 11 is 0. The maximum atomic E-state index is 7.41. The Hall–Kier alpha value is -1.35. The number of nitrogens with zero attached hydrogens (tertiary/aromatic N) is 1. The topological polar surface area (TPSA) is 53.1 Å². The lowest BCUT2D eigenvalue weighted by Crippen LogP contribution is -2.21. The summed E-state index contributed by atoms with van der Waals surface area (Å²) in [5.74, 6) is 1.07. The minimum atomic E-state index is 0.144. The Kier molecular flexibility index (Phi) is 3.48. The van der Waals surface area contributed by atoms with Crippen molar-refractivity contribution in [1.29, 1.82) is 5.41 Å². The van der Waals surface area contributed by atoms with Gasteiger partial charge in [-0.05, 0) is 49.9 Å². The van der Waals surface area contributed by atoms with Gasteiger partial charge in [-0.1, -0.05) is 12.1 Å². The Bertz CT molecular complexity index is 421. The molecule has 1 aromatic carbocycles. The molecule has 17 heavy (non-hydrogen) atoms. The average Bonchev–Trinajstić information content (AvgIpc) is 3.04. The molecule has 0 bridgehead atoms. The Morgan fingerprint density at radius 3 is 2.71 bits per heavy atom. The first-order chi connectivity index (χ1) is 8.06. The molecular weight excluding hydrogens is 210 g/mol. The molecule has 0 saturated heterocycles. The Balaban J connectivity index is 2.02. The quantitative estimate of drug-likeness (QED) is 0.602. The molecule has 92 valence electrons. The second kappa shape index (κ2) is 4.88. The summed E-state index contributed by atoms with van der Waals surface area (Å²) < 4.78 is 0. The molecule has 1 fully saturated rings. The molecule has 1 aliphatic rings. The number of nitrogens with two attached hydrogens (primary N) is 1. The van der Waals surface area contributed by atoms with Crippen molar-refractivity contribution in [2.75, 3.05) is 13.6 Å². The summed E-state index contributed by atoms with van der Waals surface area (Å²) in [6.07, 6.45) is 2.79. The van der Waals surface area contributed by atoms with Gasteiger partial charge >= 0.3 is 0 Å². The lowest BCUT2D eigenvalue weighted by Gasteiger charge is -2.18. The van der Waals surface area contributed by atoms with Crippen molar-refractivity contribution in [3.05, 3.63) is 34.9 Å². The van der Waals surface area contributed by atoms with Gasteiger partial charge in [0.2, 0.25) is 0 Å². The predicted octanol–water partition coefficient (Wildman–Crippen LogP) is 2.12. The van der Waals surface area contributed by atoms with E-state index >= 15 is 0 Å². The third-order valence-electron chi connectivity index (χ3n) is 3.36. The zero-order valence-electron chi connectivity index (χ0n) is 10.7. The second-order valence-corrected chi connectivity index (χ2v) is 5.20. The van der Waals surface area contributed by atoms with Crippen LogP contribution in [0, 0.1) is 18.3 Å². The fourth-order valence-corrected chi connectivity index (χ4v) is 2.14. The zero-order chi connectivity index (χ0) is 12.4. The lowest BCUT2D eigenvalue weighted by molar-refractivity contribution is 0.312. The highest BCUT2D eigenvalue weighted by molar-refractivity contribution is 5.95. The third-order valence-corrected chi connectivity index (χ3v) is 3.36. The van der Waals surface area contributed by atoms with Crippen LogP contribution in [0.25, 0.3) is 0 Å². The van der Waals surface area contributed by atoms with Gasteiger partial charge in [-0.25, -0.2) is 0 Å². The molecule has 1 aliphatic carbocycles. The summed E-state index contributed by atoms with van der Waals surface area (Å²) in [7, 11) is 2.18. The standard InChI is InChI=1S/C14H21N3/c1-10-7-12(14(15)16)5-6-13(10)9-17(2)8-11-3-4-11/h5-7,11H,3-4,8-9H2,1-2H3,(H3,15,16). The van der Waals surface area contributed by atoms with Gasteiger partial charge in [-0.3, -0.25) is 5.41 Å². The summed E-state index contributed by atoms with van der Waals surface area (Å²) in [5.41, 5.74) is 8.85. The van der Waals surface area contributed by atoms with Gasteiger partial charge in [0.1, 0.15) is 5.84 Å². The van der Waals surface area contributed by atoms with Crippen LogP contribution in [-0.4, -0.2) is 24.3 Å². The van der Waals surface area contributed by atoms with Gasteiger partial charge in [0.05, 0.1) is 0 Å². The number of hydrogen-bond donors (Lipinski definition) is 2. The van der Waals surface area contributed by atoms with Crippen molar-refractivity contribution in [3.63, 3.8) is 0 Å². The van der Waals surface area contributed by atoms with E-state index in [1.165, 1.54) is 30.5 Å². The molecule has 0 heterocycles. The molecule has 0 atom stereocenters. The maximum absolute atomic E-state index is 7.41. The monoisotopic (exact) mass is 231 g/mol. The molecule has 0 unspecified atom stereocenters. The summed E-state index contributed by atoms with van der Waals surface area (Å²) in [5, 5.41) is 7.41. The van der Waals surface area contributed by atoms with E-state index in [9.17, 15) is 0 Å². The minimum absolute atomic E-state index is 0.144. The molecule has 0 aromatic heterocycles. The number of benzene rings is 1. The first-order valence-corrected chi connectivity index (χ1v) is 6.18. The van der Waals surface area contributed by atoms with E-state index in [1.807, 2.05) is 12.1 Å². The number of nitrogen functional groups attached to an aromatic ring is 1. The molecule has 3 nitrogen and oxygen atoms in total. The Morgan fingerprint density at radius 1 is 1.47 bits per heavy atom. The first kappa shape index (κ1) is 12.1. The van der Waals surface area contributed by atoms with Crippen LogP contribution in [0.5, 0.6) is 0 Å².